The molecule has 0 radical (unpaired) electrons. The summed E-state index contributed by atoms with van der Waals surface area (Å²) in [6.07, 6.45) is 5.19. The normalized spacial score (nSPS) is 18.2. The lowest BCUT2D eigenvalue weighted by Crippen LogP contribution is -2.44. The lowest BCUT2D eigenvalue weighted by atomic mass is 10.1. The van der Waals surface area contributed by atoms with E-state index in [-0.39, 0.29) is 6.04 Å². The molecule has 0 aromatic carbocycles. The zero-order valence-electron chi connectivity index (χ0n) is 11.8. The highest BCUT2D eigenvalue weighted by Gasteiger charge is 2.28. The van der Waals surface area contributed by atoms with Crippen molar-refractivity contribution in [2.45, 2.75) is 45.1 Å². The van der Waals surface area contributed by atoms with Gasteiger partial charge in [0.2, 0.25) is 0 Å². The first-order chi connectivity index (χ1) is 8.49. The van der Waals surface area contributed by atoms with Crippen LogP contribution in [0.15, 0.2) is 0 Å². The molecule has 5 nitrogen and oxygen atoms in total. The maximum Gasteiger partial charge on any atom is 0.279 e. The fourth-order valence-electron chi connectivity index (χ4n) is 1.95. The average molecular weight is 277 g/mol. The van der Waals surface area contributed by atoms with Crippen molar-refractivity contribution in [1.29, 1.82) is 0 Å². The number of nitrogens with zero attached hydrogens (tertiary/aromatic N) is 1. The Morgan fingerprint density at radius 1 is 1.39 bits per heavy atom. The third kappa shape index (κ3) is 5.65. The van der Waals surface area contributed by atoms with Crippen molar-refractivity contribution >= 4 is 10.2 Å². The molecule has 1 atom stereocenters. The maximum absolute atomic E-state index is 12.1. The van der Waals surface area contributed by atoms with Gasteiger partial charge >= 0.3 is 0 Å². The van der Waals surface area contributed by atoms with E-state index in [9.17, 15) is 8.42 Å². The fraction of sp³-hybridized carbons (Fsp3) is 1.00. The van der Waals surface area contributed by atoms with E-state index in [1.54, 1.807) is 7.05 Å². The van der Waals surface area contributed by atoms with E-state index in [2.05, 4.69) is 10.0 Å². The summed E-state index contributed by atoms with van der Waals surface area (Å²) in [5.74, 6) is 0.743. The van der Waals surface area contributed by atoms with E-state index >= 15 is 0 Å². The van der Waals surface area contributed by atoms with Crippen molar-refractivity contribution in [1.82, 2.24) is 14.3 Å². The van der Waals surface area contributed by atoms with Crippen LogP contribution >= 0.6 is 0 Å². The van der Waals surface area contributed by atoms with Crippen molar-refractivity contribution in [3.63, 3.8) is 0 Å². The van der Waals surface area contributed by atoms with Gasteiger partial charge in [0.05, 0.1) is 0 Å². The first-order valence-corrected chi connectivity index (χ1v) is 8.31. The van der Waals surface area contributed by atoms with Crippen molar-refractivity contribution < 1.29 is 8.42 Å². The van der Waals surface area contributed by atoms with Gasteiger partial charge in [-0.15, -0.1) is 0 Å². The standard InChI is InChI=1S/C12H27N3O2S/c1-4-12(10-11-6-7-11)14-18(16,17)15(3)9-5-8-13-2/h11-14H,4-10H2,1-3H3. The van der Waals surface area contributed by atoms with Crippen LogP contribution in [0, 0.1) is 5.92 Å². The minimum atomic E-state index is -3.31. The predicted molar refractivity (Wildman–Crippen MR) is 74.6 cm³/mol. The number of rotatable bonds is 10. The van der Waals surface area contributed by atoms with Gasteiger partial charge in [-0.2, -0.15) is 17.4 Å². The van der Waals surface area contributed by atoms with E-state index < -0.39 is 10.2 Å². The third-order valence-corrected chi connectivity index (χ3v) is 5.07. The second kappa shape index (κ2) is 7.43. The van der Waals surface area contributed by atoms with Crippen LogP contribution < -0.4 is 10.0 Å². The van der Waals surface area contributed by atoms with Crippen LogP contribution in [0.1, 0.15) is 39.0 Å². The highest BCUT2D eigenvalue weighted by molar-refractivity contribution is 7.87. The Labute approximate surface area is 112 Å². The molecule has 0 amide bonds. The first kappa shape index (κ1) is 15.9. The molecule has 0 spiro atoms. The molecule has 1 unspecified atom stereocenters. The largest absolute Gasteiger partial charge is 0.320 e. The maximum atomic E-state index is 12.1. The zero-order valence-corrected chi connectivity index (χ0v) is 12.6. The highest BCUT2D eigenvalue weighted by Crippen LogP contribution is 2.34. The van der Waals surface area contributed by atoms with Crippen molar-refractivity contribution in [2.75, 3.05) is 27.2 Å². The Morgan fingerprint density at radius 2 is 2.06 bits per heavy atom. The molecule has 0 bridgehead atoms. The molecule has 0 saturated heterocycles. The van der Waals surface area contributed by atoms with Crippen LogP contribution in [0.25, 0.3) is 0 Å². The minimum absolute atomic E-state index is 0.0919. The molecule has 1 rings (SSSR count). The van der Waals surface area contributed by atoms with Crippen LogP contribution in [0.3, 0.4) is 0 Å². The zero-order chi connectivity index (χ0) is 13.6. The molecule has 1 saturated carbocycles. The van der Waals surface area contributed by atoms with Gasteiger partial charge in [-0.1, -0.05) is 19.8 Å². The molecule has 0 aromatic heterocycles. The average Bonchev–Trinajstić information content (AvgIpc) is 3.12. The molecule has 2 N–H and O–H groups in total. The summed E-state index contributed by atoms with van der Waals surface area (Å²) in [6, 6.07) is 0.0919. The Bertz CT molecular complexity index is 328. The molecular weight excluding hydrogens is 250 g/mol. The number of hydrogen-bond acceptors (Lipinski definition) is 3. The molecule has 0 heterocycles. The molecule has 1 fully saturated rings. The molecule has 108 valence electrons. The van der Waals surface area contributed by atoms with E-state index in [1.165, 1.54) is 17.1 Å². The summed E-state index contributed by atoms with van der Waals surface area (Å²) in [5.41, 5.74) is 0. The number of hydrogen-bond donors (Lipinski definition) is 2. The van der Waals surface area contributed by atoms with Gasteiger partial charge in [0, 0.05) is 19.6 Å². The molecule has 6 heteroatoms. The third-order valence-electron chi connectivity index (χ3n) is 3.43. The Morgan fingerprint density at radius 3 is 2.56 bits per heavy atom. The minimum Gasteiger partial charge on any atom is -0.320 e. The first-order valence-electron chi connectivity index (χ1n) is 6.87. The van der Waals surface area contributed by atoms with Gasteiger partial charge in [0.15, 0.2) is 0 Å². The summed E-state index contributed by atoms with van der Waals surface area (Å²) in [4.78, 5) is 0. The molecule has 0 aromatic rings. The Balaban J connectivity index is 2.39. The Hall–Kier alpha value is -0.170. The quantitative estimate of drug-likeness (QED) is 0.584. The SMILES string of the molecule is CCC(CC1CC1)NS(=O)(=O)N(C)CCCNC. The van der Waals surface area contributed by atoms with Crippen LogP contribution in [-0.4, -0.2) is 45.9 Å². The summed E-state index contributed by atoms with van der Waals surface area (Å²) in [7, 11) is 0.197. The smallest absolute Gasteiger partial charge is 0.279 e. The van der Waals surface area contributed by atoms with E-state index in [0.29, 0.717) is 6.54 Å². The second-order valence-electron chi connectivity index (χ2n) is 5.19. The lowest BCUT2D eigenvalue weighted by molar-refractivity contribution is 0.425. The lowest BCUT2D eigenvalue weighted by Gasteiger charge is -2.22. The predicted octanol–water partition coefficient (Wildman–Crippen LogP) is 0.941. The summed E-state index contributed by atoms with van der Waals surface area (Å²) >= 11 is 0. The van der Waals surface area contributed by atoms with E-state index in [1.807, 2.05) is 14.0 Å². The monoisotopic (exact) mass is 277 g/mol. The molecular formula is C12H27N3O2S. The summed E-state index contributed by atoms with van der Waals surface area (Å²) in [5, 5.41) is 3.02. The fourth-order valence-corrected chi connectivity index (χ4v) is 3.19. The topological polar surface area (TPSA) is 61.4 Å². The van der Waals surface area contributed by atoms with Gasteiger partial charge in [0.25, 0.3) is 10.2 Å². The van der Waals surface area contributed by atoms with Crippen LogP contribution in [-0.2, 0) is 10.2 Å². The van der Waals surface area contributed by atoms with E-state index in [4.69, 9.17) is 0 Å². The van der Waals surface area contributed by atoms with Crippen LogP contribution in [0.2, 0.25) is 0 Å². The Kier molecular flexibility index (Phi) is 6.55. The highest BCUT2D eigenvalue weighted by atomic mass is 32.2. The summed E-state index contributed by atoms with van der Waals surface area (Å²) in [6.45, 7) is 3.42. The van der Waals surface area contributed by atoms with Gasteiger partial charge in [-0.3, -0.25) is 0 Å². The van der Waals surface area contributed by atoms with Gasteiger partial charge < -0.3 is 5.32 Å². The molecule has 18 heavy (non-hydrogen) atoms. The van der Waals surface area contributed by atoms with Gasteiger partial charge in [0.1, 0.15) is 0 Å². The van der Waals surface area contributed by atoms with Crippen molar-refractivity contribution in [3.8, 4) is 0 Å². The second-order valence-corrected chi connectivity index (χ2v) is 6.99. The van der Waals surface area contributed by atoms with Crippen LogP contribution in [0.4, 0.5) is 0 Å². The molecule has 1 aliphatic carbocycles. The summed E-state index contributed by atoms with van der Waals surface area (Å²) < 4.78 is 28.4. The molecule has 0 aliphatic heterocycles. The van der Waals surface area contributed by atoms with E-state index in [0.717, 1.165) is 31.7 Å². The molecule has 1 aliphatic rings. The van der Waals surface area contributed by atoms with Crippen molar-refractivity contribution in [2.24, 2.45) is 5.92 Å². The number of nitrogens with one attached hydrogen (secondary N) is 2. The van der Waals surface area contributed by atoms with Gasteiger partial charge in [-0.05, 0) is 38.8 Å². The van der Waals surface area contributed by atoms with Gasteiger partial charge in [-0.25, -0.2) is 0 Å². The van der Waals surface area contributed by atoms with Crippen molar-refractivity contribution in [3.05, 3.63) is 0 Å². The van der Waals surface area contributed by atoms with Crippen LogP contribution in [0.5, 0.6) is 0 Å².